The lowest BCUT2D eigenvalue weighted by Crippen LogP contribution is -2.34. The van der Waals surface area contributed by atoms with Gasteiger partial charge in [-0.25, -0.2) is 0 Å². The summed E-state index contributed by atoms with van der Waals surface area (Å²) in [5.74, 6) is 0.837. The van der Waals surface area contributed by atoms with Crippen LogP contribution >= 0.6 is 12.2 Å². The summed E-state index contributed by atoms with van der Waals surface area (Å²) in [6.07, 6.45) is 2.18. The van der Waals surface area contributed by atoms with Crippen molar-refractivity contribution in [2.45, 2.75) is 25.8 Å². The van der Waals surface area contributed by atoms with Crippen molar-refractivity contribution >= 4 is 28.7 Å². The Bertz CT molecular complexity index is 717. The molecule has 1 atom stereocenters. The van der Waals surface area contributed by atoms with Gasteiger partial charge >= 0.3 is 0 Å². The van der Waals surface area contributed by atoms with E-state index in [1.54, 1.807) is 7.11 Å². The van der Waals surface area contributed by atoms with Crippen LogP contribution in [-0.4, -0.2) is 31.4 Å². The number of anilines is 2. The first kappa shape index (κ1) is 17.5. The second-order valence-electron chi connectivity index (χ2n) is 6.34. The number of nitrogens with one attached hydrogen (secondary N) is 2. The summed E-state index contributed by atoms with van der Waals surface area (Å²) in [5, 5.41) is 7.13. The van der Waals surface area contributed by atoms with E-state index in [4.69, 9.17) is 17.0 Å². The van der Waals surface area contributed by atoms with Crippen LogP contribution in [0.25, 0.3) is 0 Å². The Balaban J connectivity index is 1.41. The minimum absolute atomic E-state index is 0.571. The molecule has 0 radical (unpaired) electrons. The first-order valence-electron chi connectivity index (χ1n) is 8.71. The lowest BCUT2D eigenvalue weighted by molar-refractivity contribution is 0.415. The number of hydrogen-bond donors (Lipinski definition) is 2. The van der Waals surface area contributed by atoms with Crippen molar-refractivity contribution in [2.24, 2.45) is 0 Å². The first-order chi connectivity index (χ1) is 12.2. The maximum atomic E-state index is 5.36. The van der Waals surface area contributed by atoms with Crippen molar-refractivity contribution in [2.75, 3.05) is 30.4 Å². The van der Waals surface area contributed by atoms with Crippen LogP contribution in [0.3, 0.4) is 0 Å². The maximum absolute atomic E-state index is 5.36. The highest BCUT2D eigenvalue weighted by atomic mass is 32.1. The first-order valence-corrected chi connectivity index (χ1v) is 9.11. The number of fused-ring (bicyclic) bond motifs is 1. The average molecular weight is 356 g/mol. The molecule has 0 unspecified atom stereocenters. The van der Waals surface area contributed by atoms with Gasteiger partial charge in [0.25, 0.3) is 0 Å². The van der Waals surface area contributed by atoms with E-state index in [1.807, 2.05) is 24.3 Å². The molecule has 2 aromatic rings. The molecule has 25 heavy (non-hydrogen) atoms. The van der Waals surface area contributed by atoms with Crippen LogP contribution in [0.15, 0.2) is 48.5 Å². The van der Waals surface area contributed by atoms with Crippen molar-refractivity contribution in [1.29, 1.82) is 0 Å². The number of nitrogens with zero attached hydrogens (tertiary/aromatic N) is 1. The normalized spacial score (nSPS) is 15.6. The number of thiocarbonyl (C=S) groups is 1. The van der Waals surface area contributed by atoms with Crippen molar-refractivity contribution in [3.63, 3.8) is 0 Å². The summed E-state index contributed by atoms with van der Waals surface area (Å²) in [6, 6.07) is 17.0. The molecule has 2 aromatic carbocycles. The van der Waals surface area contributed by atoms with Gasteiger partial charge in [-0.1, -0.05) is 18.2 Å². The van der Waals surface area contributed by atoms with Crippen LogP contribution in [0.5, 0.6) is 5.75 Å². The van der Waals surface area contributed by atoms with E-state index in [9.17, 15) is 0 Å². The Kier molecular flexibility index (Phi) is 5.76. The molecule has 132 valence electrons. The summed E-state index contributed by atoms with van der Waals surface area (Å²) < 4.78 is 5.16. The molecule has 5 heteroatoms. The van der Waals surface area contributed by atoms with Gasteiger partial charge in [0.05, 0.1) is 7.11 Å². The zero-order chi connectivity index (χ0) is 17.6. The predicted molar refractivity (Wildman–Crippen MR) is 109 cm³/mol. The molecule has 1 aliphatic rings. The van der Waals surface area contributed by atoms with E-state index >= 15 is 0 Å². The summed E-state index contributed by atoms with van der Waals surface area (Å²) in [7, 11) is 1.66. The van der Waals surface area contributed by atoms with Crippen molar-refractivity contribution in [1.82, 2.24) is 5.32 Å². The Morgan fingerprint density at radius 1 is 1.20 bits per heavy atom. The second kappa shape index (κ2) is 8.21. The highest BCUT2D eigenvalue weighted by molar-refractivity contribution is 7.80. The van der Waals surface area contributed by atoms with Crippen molar-refractivity contribution in [3.8, 4) is 5.75 Å². The Labute approximate surface area is 155 Å². The zero-order valence-corrected chi connectivity index (χ0v) is 15.6. The minimum Gasteiger partial charge on any atom is -0.497 e. The second-order valence-corrected chi connectivity index (χ2v) is 6.75. The number of rotatable bonds is 6. The molecule has 1 aliphatic heterocycles. The molecule has 0 amide bonds. The van der Waals surface area contributed by atoms with Gasteiger partial charge in [0.1, 0.15) is 5.75 Å². The summed E-state index contributed by atoms with van der Waals surface area (Å²) in [5.41, 5.74) is 3.80. The van der Waals surface area contributed by atoms with Crippen molar-refractivity contribution < 1.29 is 4.74 Å². The lowest BCUT2D eigenvalue weighted by Gasteiger charge is -2.25. The number of para-hydroxylation sites is 1. The van der Waals surface area contributed by atoms with Crippen LogP contribution in [-0.2, 0) is 6.42 Å². The van der Waals surface area contributed by atoms with E-state index in [0.29, 0.717) is 11.2 Å². The fourth-order valence-electron chi connectivity index (χ4n) is 3.27. The lowest BCUT2D eigenvalue weighted by atomic mass is 10.1. The number of methoxy groups -OCH3 is 1. The largest absolute Gasteiger partial charge is 0.497 e. The quantitative estimate of drug-likeness (QED) is 0.608. The van der Waals surface area contributed by atoms with Gasteiger partial charge in [0.15, 0.2) is 5.11 Å². The number of hydrogen-bond acceptors (Lipinski definition) is 3. The van der Waals surface area contributed by atoms with Crippen LogP contribution in [0.1, 0.15) is 18.9 Å². The average Bonchev–Trinajstić information content (AvgIpc) is 2.95. The number of benzene rings is 2. The summed E-state index contributed by atoms with van der Waals surface area (Å²) in [4.78, 5) is 2.50. The molecule has 0 bridgehead atoms. The monoisotopic (exact) mass is 355 g/mol. The van der Waals surface area contributed by atoms with Crippen LogP contribution < -0.4 is 20.3 Å². The van der Waals surface area contributed by atoms with E-state index in [-0.39, 0.29) is 0 Å². The molecule has 0 aromatic heterocycles. The summed E-state index contributed by atoms with van der Waals surface area (Å²) >= 11 is 5.36. The third-order valence-electron chi connectivity index (χ3n) is 4.56. The SMILES string of the molecule is COc1ccc(NC(=S)NCCCN2c3ccccc3C[C@@H]2C)cc1. The van der Waals surface area contributed by atoms with Crippen molar-refractivity contribution in [3.05, 3.63) is 54.1 Å². The smallest absolute Gasteiger partial charge is 0.170 e. The zero-order valence-electron chi connectivity index (χ0n) is 14.8. The molecule has 0 saturated carbocycles. The minimum atomic E-state index is 0.571. The standard InChI is InChI=1S/C20H25N3OS/c1-15-14-16-6-3-4-7-19(16)23(15)13-5-12-21-20(25)22-17-8-10-18(24-2)11-9-17/h3-4,6-11,15H,5,12-14H2,1-2H3,(H2,21,22,25)/t15-/m0/s1. The third kappa shape index (κ3) is 4.42. The van der Waals surface area contributed by atoms with Crippen LogP contribution in [0.4, 0.5) is 11.4 Å². The molecular formula is C20H25N3OS. The van der Waals surface area contributed by atoms with E-state index in [1.165, 1.54) is 11.3 Å². The van der Waals surface area contributed by atoms with Gasteiger partial charge in [-0.05, 0) is 67.9 Å². The topological polar surface area (TPSA) is 36.5 Å². The molecule has 3 rings (SSSR count). The fraction of sp³-hybridized carbons (Fsp3) is 0.350. The van der Waals surface area contributed by atoms with E-state index < -0.39 is 0 Å². The molecular weight excluding hydrogens is 330 g/mol. The molecule has 4 nitrogen and oxygen atoms in total. The van der Waals surface area contributed by atoms with Crippen LogP contribution in [0, 0.1) is 0 Å². The van der Waals surface area contributed by atoms with Gasteiger partial charge in [0.2, 0.25) is 0 Å². The maximum Gasteiger partial charge on any atom is 0.170 e. The van der Waals surface area contributed by atoms with Gasteiger partial charge in [-0.15, -0.1) is 0 Å². The number of ether oxygens (including phenoxy) is 1. The molecule has 0 aliphatic carbocycles. The molecule has 1 heterocycles. The van der Waals surface area contributed by atoms with Gasteiger partial charge in [0, 0.05) is 30.5 Å². The molecule has 0 spiro atoms. The molecule has 0 saturated heterocycles. The Morgan fingerprint density at radius 2 is 1.96 bits per heavy atom. The van der Waals surface area contributed by atoms with Gasteiger partial charge in [-0.3, -0.25) is 0 Å². The highest BCUT2D eigenvalue weighted by Crippen LogP contribution is 2.31. The predicted octanol–water partition coefficient (Wildman–Crippen LogP) is 3.82. The third-order valence-corrected chi connectivity index (χ3v) is 4.80. The summed E-state index contributed by atoms with van der Waals surface area (Å²) in [6.45, 7) is 4.19. The molecule has 2 N–H and O–H groups in total. The molecule has 0 fully saturated rings. The van der Waals surface area contributed by atoms with Gasteiger partial charge < -0.3 is 20.3 Å². The Hall–Kier alpha value is -2.27. The fourth-order valence-corrected chi connectivity index (χ4v) is 3.49. The Morgan fingerprint density at radius 3 is 2.72 bits per heavy atom. The van der Waals surface area contributed by atoms with Crippen LogP contribution in [0.2, 0.25) is 0 Å². The highest BCUT2D eigenvalue weighted by Gasteiger charge is 2.24. The van der Waals surface area contributed by atoms with E-state index in [2.05, 4.69) is 46.7 Å². The van der Waals surface area contributed by atoms with Gasteiger partial charge in [-0.2, -0.15) is 0 Å². The van der Waals surface area contributed by atoms with E-state index in [0.717, 1.165) is 37.4 Å².